The second-order valence-electron chi connectivity index (χ2n) is 6.37. The van der Waals surface area contributed by atoms with Crippen LogP contribution in [0.4, 0.5) is 0 Å². The van der Waals surface area contributed by atoms with Crippen molar-refractivity contribution in [2.75, 3.05) is 0 Å². The second kappa shape index (κ2) is 1.66. The van der Waals surface area contributed by atoms with E-state index in [0.717, 1.165) is 29.6 Å². The maximum Gasteiger partial charge on any atom is 0.140 e. The molecule has 0 N–H and O–H groups in total. The lowest BCUT2D eigenvalue weighted by Gasteiger charge is -2.49. The van der Waals surface area contributed by atoms with Gasteiger partial charge in [0, 0.05) is 16.2 Å². The van der Waals surface area contributed by atoms with Crippen LogP contribution in [0, 0.1) is 47.3 Å². The van der Waals surface area contributed by atoms with Crippen LogP contribution < -0.4 is 0 Å². The lowest BCUT2D eigenvalue weighted by atomic mass is 9.57. The van der Waals surface area contributed by atoms with E-state index in [0.29, 0.717) is 27.9 Å². The zero-order chi connectivity index (χ0) is 9.40. The van der Waals surface area contributed by atoms with E-state index in [1.54, 1.807) is 0 Å². The standard InChI is InChI=1S/C12H13BrO/c1-12(13)9-4-2-3-5-6(4)10(12)8(5)11(14)7(3)9/h3-10H,2H2,1H3/t3-,4+,5+,6-,7+,8-,9-,10+,12+/m1/s1. The van der Waals surface area contributed by atoms with Gasteiger partial charge in [-0.1, -0.05) is 15.9 Å². The summed E-state index contributed by atoms with van der Waals surface area (Å²) in [5, 5.41) is 0. The Morgan fingerprint density at radius 1 is 1.21 bits per heavy atom. The van der Waals surface area contributed by atoms with Crippen LogP contribution in [-0.4, -0.2) is 10.1 Å². The third-order valence-corrected chi connectivity index (χ3v) is 7.52. The predicted octanol–water partition coefficient (Wildman–Crippen LogP) is 2.10. The van der Waals surface area contributed by atoms with E-state index in [-0.39, 0.29) is 0 Å². The number of Topliss-reactive ketones (excluding diaryl/α,β-unsaturated/α-hetero) is 1. The third kappa shape index (κ3) is 0.417. The van der Waals surface area contributed by atoms with Crippen molar-refractivity contribution in [3.8, 4) is 0 Å². The highest BCUT2D eigenvalue weighted by atomic mass is 79.9. The quantitative estimate of drug-likeness (QED) is 0.604. The fourth-order valence-electron chi connectivity index (χ4n) is 6.54. The van der Waals surface area contributed by atoms with Gasteiger partial charge in [0.05, 0.1) is 0 Å². The SMILES string of the molecule is C[C@]1(Br)[C@@H]2[C@H]3C[C@H]4[C@@H]2C(=O)[C@@H]2[C@@H]4[C@@H]3[C@@H]21. The van der Waals surface area contributed by atoms with Crippen LogP contribution in [0.5, 0.6) is 0 Å². The van der Waals surface area contributed by atoms with Gasteiger partial charge in [0.15, 0.2) is 0 Å². The van der Waals surface area contributed by atoms with E-state index in [9.17, 15) is 4.79 Å². The Hall–Kier alpha value is 0.150. The fourth-order valence-corrected chi connectivity index (χ4v) is 7.76. The zero-order valence-corrected chi connectivity index (χ0v) is 9.70. The Kier molecular flexibility index (Phi) is 0.883. The van der Waals surface area contributed by atoms with E-state index < -0.39 is 0 Å². The number of alkyl halides is 1. The van der Waals surface area contributed by atoms with Crippen LogP contribution in [0.25, 0.3) is 0 Å². The van der Waals surface area contributed by atoms with Gasteiger partial charge in [-0.25, -0.2) is 0 Å². The van der Waals surface area contributed by atoms with Crippen LogP contribution in [0.2, 0.25) is 0 Å². The van der Waals surface area contributed by atoms with Crippen LogP contribution in [0.1, 0.15) is 13.3 Å². The van der Waals surface area contributed by atoms with Gasteiger partial charge in [-0.15, -0.1) is 0 Å². The molecule has 2 heteroatoms. The molecule has 74 valence electrons. The summed E-state index contributed by atoms with van der Waals surface area (Å²) in [4.78, 5) is 12.2. The van der Waals surface area contributed by atoms with Gasteiger partial charge >= 0.3 is 0 Å². The minimum atomic E-state index is 0.327. The van der Waals surface area contributed by atoms with E-state index >= 15 is 0 Å². The monoisotopic (exact) mass is 252 g/mol. The van der Waals surface area contributed by atoms with Crippen LogP contribution in [0.15, 0.2) is 0 Å². The average Bonchev–Trinajstić information content (AvgIpc) is 2.52. The van der Waals surface area contributed by atoms with Crippen molar-refractivity contribution in [2.45, 2.75) is 17.7 Å². The first kappa shape index (κ1) is 7.43. The first-order chi connectivity index (χ1) is 6.64. The van der Waals surface area contributed by atoms with Gasteiger partial charge in [-0.3, -0.25) is 4.79 Å². The molecule has 5 aliphatic rings. The Morgan fingerprint density at radius 3 is 2.79 bits per heavy atom. The largest absolute Gasteiger partial charge is 0.299 e. The molecule has 5 rings (SSSR count). The van der Waals surface area contributed by atoms with E-state index in [1.807, 2.05) is 0 Å². The first-order valence-electron chi connectivity index (χ1n) is 5.86. The summed E-state index contributed by atoms with van der Waals surface area (Å²) in [6.07, 6.45) is 1.39. The van der Waals surface area contributed by atoms with Crippen molar-refractivity contribution in [1.82, 2.24) is 0 Å². The molecule has 0 saturated heterocycles. The highest BCUT2D eigenvalue weighted by Crippen LogP contribution is 2.85. The maximum absolute atomic E-state index is 12.2. The summed E-state index contributed by atoms with van der Waals surface area (Å²) in [5.41, 5.74) is 0. The summed E-state index contributed by atoms with van der Waals surface area (Å²) in [7, 11) is 0. The lowest BCUT2D eigenvalue weighted by Crippen LogP contribution is -2.53. The molecule has 5 saturated carbocycles. The Bertz CT molecular complexity index is 388. The van der Waals surface area contributed by atoms with Crippen molar-refractivity contribution in [3.63, 3.8) is 0 Å². The Morgan fingerprint density at radius 2 is 2.00 bits per heavy atom. The molecule has 1 nitrogen and oxygen atoms in total. The number of ketones is 1. The number of fused-ring (bicyclic) bond motifs is 2. The lowest BCUT2D eigenvalue weighted by molar-refractivity contribution is -0.134. The number of hydrogen-bond donors (Lipinski definition) is 0. The third-order valence-electron chi connectivity index (χ3n) is 6.46. The molecule has 2 bridgehead atoms. The van der Waals surface area contributed by atoms with Crippen LogP contribution >= 0.6 is 15.9 Å². The molecule has 9 atom stereocenters. The van der Waals surface area contributed by atoms with Crippen molar-refractivity contribution in [1.29, 1.82) is 0 Å². The molecule has 0 heterocycles. The number of hydrogen-bond acceptors (Lipinski definition) is 1. The average molecular weight is 253 g/mol. The summed E-state index contributed by atoms with van der Waals surface area (Å²) in [6, 6.07) is 0. The summed E-state index contributed by atoms with van der Waals surface area (Å²) < 4.78 is 0.327. The van der Waals surface area contributed by atoms with Gasteiger partial charge in [-0.05, 0) is 48.9 Å². The summed E-state index contributed by atoms with van der Waals surface area (Å²) in [6.45, 7) is 2.37. The smallest absolute Gasteiger partial charge is 0.140 e. The van der Waals surface area contributed by atoms with Gasteiger partial charge in [0.1, 0.15) is 5.78 Å². The number of carbonyl (C=O) groups is 1. The molecule has 0 aromatic carbocycles. The Labute approximate surface area is 91.8 Å². The molecule has 0 aliphatic heterocycles. The Balaban J connectivity index is 1.87. The van der Waals surface area contributed by atoms with Crippen molar-refractivity contribution >= 4 is 21.7 Å². The van der Waals surface area contributed by atoms with Crippen molar-refractivity contribution in [2.24, 2.45) is 47.3 Å². The van der Waals surface area contributed by atoms with E-state index in [4.69, 9.17) is 0 Å². The fraction of sp³-hybridized carbons (Fsp3) is 0.917. The minimum absolute atomic E-state index is 0.327. The topological polar surface area (TPSA) is 17.1 Å². The molecule has 0 spiro atoms. The van der Waals surface area contributed by atoms with Gasteiger partial charge < -0.3 is 0 Å². The molecular weight excluding hydrogens is 240 g/mol. The maximum atomic E-state index is 12.2. The molecule has 0 amide bonds. The summed E-state index contributed by atoms with van der Waals surface area (Å²) in [5.74, 6) is 6.61. The highest BCUT2D eigenvalue weighted by molar-refractivity contribution is 9.10. The normalized spacial score (nSPS) is 80.3. The molecular formula is C12H13BrO. The zero-order valence-electron chi connectivity index (χ0n) is 8.11. The van der Waals surface area contributed by atoms with Gasteiger partial charge in [-0.2, -0.15) is 0 Å². The molecule has 0 aromatic heterocycles. The number of carbonyl (C=O) groups excluding carboxylic acids is 1. The highest BCUT2D eigenvalue weighted by Gasteiger charge is 2.86. The molecule has 0 radical (unpaired) electrons. The minimum Gasteiger partial charge on any atom is -0.299 e. The molecule has 5 aliphatic carbocycles. The second-order valence-corrected chi connectivity index (χ2v) is 8.08. The molecule has 0 aromatic rings. The molecule has 14 heavy (non-hydrogen) atoms. The molecule has 5 fully saturated rings. The number of halogens is 1. The number of rotatable bonds is 0. The van der Waals surface area contributed by atoms with Crippen molar-refractivity contribution < 1.29 is 4.79 Å². The van der Waals surface area contributed by atoms with Crippen LogP contribution in [-0.2, 0) is 4.79 Å². The first-order valence-corrected chi connectivity index (χ1v) is 6.66. The van der Waals surface area contributed by atoms with E-state index in [2.05, 4.69) is 22.9 Å². The van der Waals surface area contributed by atoms with Gasteiger partial charge in [0.2, 0.25) is 0 Å². The molecule has 0 unspecified atom stereocenters. The van der Waals surface area contributed by atoms with E-state index in [1.165, 1.54) is 6.42 Å². The van der Waals surface area contributed by atoms with Crippen LogP contribution in [0.3, 0.4) is 0 Å². The summed E-state index contributed by atoms with van der Waals surface area (Å²) >= 11 is 3.97. The van der Waals surface area contributed by atoms with Gasteiger partial charge in [0.25, 0.3) is 0 Å². The van der Waals surface area contributed by atoms with Crippen molar-refractivity contribution in [3.05, 3.63) is 0 Å². The predicted molar refractivity (Wildman–Crippen MR) is 54.9 cm³/mol.